The van der Waals surface area contributed by atoms with Crippen molar-refractivity contribution in [3.05, 3.63) is 54.1 Å². The molecule has 0 unspecified atom stereocenters. The second-order valence-corrected chi connectivity index (χ2v) is 8.53. The molecule has 1 amide bonds. The number of halogens is 3. The quantitative estimate of drug-likeness (QED) is 0.719. The highest BCUT2D eigenvalue weighted by molar-refractivity contribution is 7.92. The van der Waals surface area contributed by atoms with Gasteiger partial charge in [0.25, 0.3) is 15.9 Å². The molecule has 0 saturated carbocycles. The van der Waals surface area contributed by atoms with E-state index in [1.165, 1.54) is 24.3 Å². The molecule has 7 nitrogen and oxygen atoms in total. The van der Waals surface area contributed by atoms with Gasteiger partial charge in [-0.2, -0.15) is 13.2 Å². The molecule has 0 aromatic heterocycles. The van der Waals surface area contributed by atoms with Crippen molar-refractivity contribution in [2.24, 2.45) is 0 Å². The SMILES string of the molecule is C[C@H](Oc1ccc(S(=O)(=O)Nc2ccc(C(F)(F)F)cc2)cc1)C(=O)N1CCOCC1. The largest absolute Gasteiger partial charge is 0.481 e. The van der Waals surface area contributed by atoms with Crippen LogP contribution in [0.25, 0.3) is 0 Å². The minimum atomic E-state index is -4.51. The molecule has 2 aromatic rings. The van der Waals surface area contributed by atoms with E-state index in [2.05, 4.69) is 4.72 Å². The molecule has 1 atom stereocenters. The van der Waals surface area contributed by atoms with Crippen molar-refractivity contribution in [3.63, 3.8) is 0 Å². The lowest BCUT2D eigenvalue weighted by Gasteiger charge is -2.29. The summed E-state index contributed by atoms with van der Waals surface area (Å²) < 4.78 is 75.9. The molecule has 168 valence electrons. The van der Waals surface area contributed by atoms with Crippen molar-refractivity contribution < 1.29 is 35.9 Å². The standard InChI is InChI=1S/C20H21F3N2O5S/c1-14(19(26)25-10-12-29-13-11-25)30-17-6-8-18(9-7-17)31(27,28)24-16-4-2-15(3-5-16)20(21,22)23/h2-9,14,24H,10-13H2,1H3/t14-/m0/s1. The number of hydrogen-bond donors (Lipinski definition) is 1. The first-order valence-corrected chi connectivity index (χ1v) is 10.9. The van der Waals surface area contributed by atoms with E-state index in [-0.39, 0.29) is 16.5 Å². The van der Waals surface area contributed by atoms with Crippen LogP contribution in [0.15, 0.2) is 53.4 Å². The molecule has 2 aromatic carbocycles. The lowest BCUT2D eigenvalue weighted by atomic mass is 10.2. The summed E-state index contributed by atoms with van der Waals surface area (Å²) >= 11 is 0. The zero-order valence-electron chi connectivity index (χ0n) is 16.6. The summed E-state index contributed by atoms with van der Waals surface area (Å²) in [4.78, 5) is 13.9. The molecule has 0 spiro atoms. The number of carbonyl (C=O) groups is 1. The fraction of sp³-hybridized carbons (Fsp3) is 0.350. The summed E-state index contributed by atoms with van der Waals surface area (Å²) in [5.41, 5.74) is -0.879. The molecule has 1 saturated heterocycles. The van der Waals surface area contributed by atoms with E-state index in [0.717, 1.165) is 24.3 Å². The Hall–Kier alpha value is -2.79. The highest BCUT2D eigenvalue weighted by atomic mass is 32.2. The zero-order valence-corrected chi connectivity index (χ0v) is 17.4. The summed E-state index contributed by atoms with van der Waals surface area (Å²) in [5.74, 6) is 0.117. The van der Waals surface area contributed by atoms with Gasteiger partial charge in [-0.15, -0.1) is 0 Å². The van der Waals surface area contributed by atoms with E-state index in [1.807, 2.05) is 0 Å². The number of rotatable bonds is 6. The highest BCUT2D eigenvalue weighted by Gasteiger charge is 2.30. The van der Waals surface area contributed by atoms with Crippen molar-refractivity contribution >= 4 is 21.6 Å². The summed E-state index contributed by atoms with van der Waals surface area (Å²) in [6.07, 6.45) is -5.26. The number of nitrogens with zero attached hydrogens (tertiary/aromatic N) is 1. The maximum absolute atomic E-state index is 12.6. The maximum atomic E-state index is 12.6. The molecular weight excluding hydrogens is 437 g/mol. The van der Waals surface area contributed by atoms with Gasteiger partial charge in [0.1, 0.15) is 5.75 Å². The average molecular weight is 458 g/mol. The number of ether oxygens (including phenoxy) is 2. The van der Waals surface area contributed by atoms with Gasteiger partial charge in [-0.05, 0) is 55.5 Å². The second-order valence-electron chi connectivity index (χ2n) is 6.85. The molecule has 3 rings (SSSR count). The van der Waals surface area contributed by atoms with Gasteiger partial charge in [0.15, 0.2) is 6.10 Å². The number of anilines is 1. The minimum absolute atomic E-state index is 0.00180. The summed E-state index contributed by atoms with van der Waals surface area (Å²) in [5, 5.41) is 0. The molecule has 31 heavy (non-hydrogen) atoms. The van der Waals surface area contributed by atoms with E-state index < -0.39 is 27.9 Å². The van der Waals surface area contributed by atoms with E-state index in [4.69, 9.17) is 9.47 Å². The Morgan fingerprint density at radius 3 is 2.19 bits per heavy atom. The lowest BCUT2D eigenvalue weighted by molar-refractivity contribution is -0.142. The van der Waals surface area contributed by atoms with Gasteiger partial charge in [-0.3, -0.25) is 9.52 Å². The van der Waals surface area contributed by atoms with Crippen molar-refractivity contribution in [1.82, 2.24) is 4.90 Å². The Bertz CT molecular complexity index is 1000. The van der Waals surface area contributed by atoms with Crippen molar-refractivity contribution in [2.45, 2.75) is 24.1 Å². The van der Waals surface area contributed by atoms with Crippen LogP contribution in [0.2, 0.25) is 0 Å². The topological polar surface area (TPSA) is 84.9 Å². The Kier molecular flexibility index (Phi) is 6.75. The predicted molar refractivity (Wildman–Crippen MR) is 106 cm³/mol. The van der Waals surface area contributed by atoms with Gasteiger partial charge in [0, 0.05) is 18.8 Å². The van der Waals surface area contributed by atoms with Crippen LogP contribution in [-0.2, 0) is 25.7 Å². The second kappa shape index (κ2) is 9.15. The zero-order chi connectivity index (χ0) is 22.6. The van der Waals surface area contributed by atoms with Gasteiger partial charge >= 0.3 is 6.18 Å². The van der Waals surface area contributed by atoms with Crippen molar-refractivity contribution in [2.75, 3.05) is 31.0 Å². The molecule has 0 aliphatic carbocycles. The number of benzene rings is 2. The monoisotopic (exact) mass is 458 g/mol. The van der Waals surface area contributed by atoms with Crippen LogP contribution >= 0.6 is 0 Å². The van der Waals surface area contributed by atoms with E-state index in [9.17, 15) is 26.4 Å². The van der Waals surface area contributed by atoms with E-state index in [1.54, 1.807) is 11.8 Å². The number of hydrogen-bond acceptors (Lipinski definition) is 5. The summed E-state index contributed by atoms with van der Waals surface area (Å²) in [6, 6.07) is 9.05. The lowest BCUT2D eigenvalue weighted by Crippen LogP contribution is -2.46. The maximum Gasteiger partial charge on any atom is 0.416 e. The number of carbonyl (C=O) groups excluding carboxylic acids is 1. The molecule has 1 heterocycles. The first-order valence-electron chi connectivity index (χ1n) is 9.39. The third kappa shape index (κ3) is 5.88. The number of nitrogens with one attached hydrogen (secondary N) is 1. The minimum Gasteiger partial charge on any atom is -0.481 e. The van der Waals surface area contributed by atoms with Gasteiger partial charge in [0.2, 0.25) is 0 Å². The average Bonchev–Trinajstić information content (AvgIpc) is 2.73. The summed E-state index contributed by atoms with van der Waals surface area (Å²) in [7, 11) is -4.02. The molecule has 1 aliphatic rings. The fourth-order valence-corrected chi connectivity index (χ4v) is 3.99. The smallest absolute Gasteiger partial charge is 0.416 e. The number of sulfonamides is 1. The molecule has 1 aliphatic heterocycles. The normalized spacial score (nSPS) is 15.9. The Balaban J connectivity index is 1.63. The molecule has 0 radical (unpaired) electrons. The van der Waals surface area contributed by atoms with Crippen LogP contribution in [-0.4, -0.2) is 51.6 Å². The third-order valence-corrected chi connectivity index (χ3v) is 5.98. The van der Waals surface area contributed by atoms with Crippen LogP contribution < -0.4 is 9.46 Å². The molecule has 11 heteroatoms. The molecular formula is C20H21F3N2O5S. The van der Waals surface area contributed by atoms with Crippen LogP contribution in [0.4, 0.5) is 18.9 Å². The summed E-state index contributed by atoms with van der Waals surface area (Å²) in [6.45, 7) is 3.52. The van der Waals surface area contributed by atoms with Gasteiger partial charge in [-0.25, -0.2) is 8.42 Å². The first kappa shape index (κ1) is 22.9. The highest BCUT2D eigenvalue weighted by Crippen LogP contribution is 2.30. The van der Waals surface area contributed by atoms with Gasteiger partial charge < -0.3 is 14.4 Å². The molecule has 0 bridgehead atoms. The molecule has 1 N–H and O–H groups in total. The predicted octanol–water partition coefficient (Wildman–Crippen LogP) is 3.13. The Morgan fingerprint density at radius 1 is 1.06 bits per heavy atom. The Morgan fingerprint density at radius 2 is 1.65 bits per heavy atom. The number of amides is 1. The first-order chi connectivity index (χ1) is 14.6. The van der Waals surface area contributed by atoms with Crippen LogP contribution in [0.1, 0.15) is 12.5 Å². The Labute approximate surface area is 177 Å². The van der Waals surface area contributed by atoms with Gasteiger partial charge in [0.05, 0.1) is 23.7 Å². The van der Waals surface area contributed by atoms with E-state index >= 15 is 0 Å². The number of alkyl halides is 3. The van der Waals surface area contributed by atoms with Crippen molar-refractivity contribution in [1.29, 1.82) is 0 Å². The molecule has 1 fully saturated rings. The van der Waals surface area contributed by atoms with Crippen LogP contribution in [0.3, 0.4) is 0 Å². The van der Waals surface area contributed by atoms with Gasteiger partial charge in [-0.1, -0.05) is 0 Å². The third-order valence-electron chi connectivity index (χ3n) is 4.58. The fourth-order valence-electron chi connectivity index (χ4n) is 2.93. The van der Waals surface area contributed by atoms with Crippen molar-refractivity contribution in [3.8, 4) is 5.75 Å². The van der Waals surface area contributed by atoms with E-state index in [0.29, 0.717) is 32.1 Å². The number of morpholine rings is 1. The van der Waals surface area contributed by atoms with Crippen LogP contribution in [0.5, 0.6) is 5.75 Å². The van der Waals surface area contributed by atoms with Crippen LogP contribution in [0, 0.1) is 0 Å².